The summed E-state index contributed by atoms with van der Waals surface area (Å²) in [5, 5.41) is 10.6. The summed E-state index contributed by atoms with van der Waals surface area (Å²) in [5.41, 5.74) is -0.478. The highest BCUT2D eigenvalue weighted by atomic mass is 16.3. The summed E-state index contributed by atoms with van der Waals surface area (Å²) in [6.07, 6.45) is 0.897. The predicted octanol–water partition coefficient (Wildman–Crippen LogP) is 1.74. The van der Waals surface area contributed by atoms with Gasteiger partial charge in [0.1, 0.15) is 0 Å². The number of likely N-dealkylation sites (tertiary alicyclic amines) is 1. The van der Waals surface area contributed by atoms with Crippen molar-refractivity contribution in [3.63, 3.8) is 0 Å². The van der Waals surface area contributed by atoms with Crippen molar-refractivity contribution in [1.29, 1.82) is 0 Å². The molecule has 1 N–H and O–H groups in total. The molecule has 1 saturated heterocycles. The Balaban J connectivity index is 2.86. The Morgan fingerprint density at radius 3 is 2.23 bits per heavy atom. The molecular formula is C11H23NO. The first-order valence-electron chi connectivity index (χ1n) is 5.20. The highest BCUT2D eigenvalue weighted by molar-refractivity contribution is 5.00. The lowest BCUT2D eigenvalue weighted by Gasteiger charge is -2.51. The molecule has 0 aromatic heterocycles. The Kier molecular flexibility index (Phi) is 2.75. The van der Waals surface area contributed by atoms with Crippen LogP contribution in [0.4, 0.5) is 0 Å². The Labute approximate surface area is 81.9 Å². The zero-order valence-electron chi connectivity index (χ0n) is 9.59. The number of hydrogen-bond donors (Lipinski definition) is 1. The van der Waals surface area contributed by atoms with Crippen molar-refractivity contribution >= 4 is 0 Å². The second-order valence-electron chi connectivity index (χ2n) is 5.45. The third-order valence-electron chi connectivity index (χ3n) is 3.67. The van der Waals surface area contributed by atoms with Crippen LogP contribution in [0.2, 0.25) is 0 Å². The summed E-state index contributed by atoms with van der Waals surface area (Å²) in [7, 11) is 2.13. The maximum absolute atomic E-state index is 10.6. The maximum Gasteiger partial charge on any atom is 0.0745 e. The van der Waals surface area contributed by atoms with Crippen molar-refractivity contribution in [2.45, 2.75) is 39.7 Å². The molecule has 0 aliphatic carbocycles. The van der Waals surface area contributed by atoms with Crippen LogP contribution < -0.4 is 0 Å². The molecule has 1 atom stereocenters. The average Bonchev–Trinajstić information content (AvgIpc) is 1.96. The third-order valence-corrected chi connectivity index (χ3v) is 3.67. The maximum atomic E-state index is 10.6. The average molecular weight is 185 g/mol. The van der Waals surface area contributed by atoms with Gasteiger partial charge in [0.25, 0.3) is 0 Å². The van der Waals surface area contributed by atoms with Gasteiger partial charge in [-0.3, -0.25) is 0 Å². The molecule has 0 aromatic rings. The van der Waals surface area contributed by atoms with E-state index in [1.54, 1.807) is 0 Å². The monoisotopic (exact) mass is 185 g/mol. The van der Waals surface area contributed by atoms with Gasteiger partial charge in [-0.2, -0.15) is 0 Å². The van der Waals surface area contributed by atoms with E-state index in [1.807, 2.05) is 0 Å². The van der Waals surface area contributed by atoms with Gasteiger partial charge in [0.05, 0.1) is 5.60 Å². The number of aliphatic hydroxyl groups is 1. The molecule has 78 valence electrons. The molecule has 0 bridgehead atoms. The van der Waals surface area contributed by atoms with Gasteiger partial charge < -0.3 is 10.0 Å². The smallest absolute Gasteiger partial charge is 0.0745 e. The minimum absolute atomic E-state index is 0.00810. The van der Waals surface area contributed by atoms with Crippen LogP contribution in [-0.2, 0) is 0 Å². The molecule has 0 amide bonds. The second kappa shape index (κ2) is 3.25. The van der Waals surface area contributed by atoms with E-state index in [2.05, 4.69) is 39.6 Å². The quantitative estimate of drug-likeness (QED) is 0.672. The molecule has 13 heavy (non-hydrogen) atoms. The van der Waals surface area contributed by atoms with Crippen LogP contribution in [0, 0.1) is 11.3 Å². The van der Waals surface area contributed by atoms with Gasteiger partial charge in [-0.15, -0.1) is 0 Å². The number of piperidine rings is 1. The van der Waals surface area contributed by atoms with E-state index < -0.39 is 5.60 Å². The zero-order chi connectivity index (χ0) is 10.3. The van der Waals surface area contributed by atoms with Crippen LogP contribution in [-0.4, -0.2) is 35.7 Å². The van der Waals surface area contributed by atoms with Crippen LogP contribution in [0.15, 0.2) is 0 Å². The highest BCUT2D eigenvalue weighted by Crippen LogP contribution is 2.42. The summed E-state index contributed by atoms with van der Waals surface area (Å²) >= 11 is 0. The van der Waals surface area contributed by atoms with Gasteiger partial charge in [-0.1, -0.05) is 27.7 Å². The van der Waals surface area contributed by atoms with Crippen LogP contribution in [0.3, 0.4) is 0 Å². The van der Waals surface area contributed by atoms with E-state index in [0.717, 1.165) is 19.5 Å². The largest absolute Gasteiger partial charge is 0.389 e. The molecule has 0 saturated carbocycles. The molecule has 1 heterocycles. The second-order valence-corrected chi connectivity index (χ2v) is 5.45. The topological polar surface area (TPSA) is 23.5 Å². The van der Waals surface area contributed by atoms with E-state index in [1.165, 1.54) is 0 Å². The van der Waals surface area contributed by atoms with Gasteiger partial charge >= 0.3 is 0 Å². The first-order chi connectivity index (χ1) is 5.79. The Hall–Kier alpha value is -0.0800. The van der Waals surface area contributed by atoms with Crippen molar-refractivity contribution in [2.24, 2.45) is 11.3 Å². The standard InChI is InChI=1S/C11H23NO/c1-9(2)11(13)6-7-12(5)8-10(11,3)4/h9,13H,6-8H2,1-5H3. The molecule has 1 aliphatic rings. The lowest BCUT2D eigenvalue weighted by atomic mass is 9.65. The first-order valence-corrected chi connectivity index (χ1v) is 5.20. The van der Waals surface area contributed by atoms with Gasteiger partial charge in [-0.05, 0) is 19.4 Å². The van der Waals surface area contributed by atoms with E-state index in [0.29, 0.717) is 5.92 Å². The normalized spacial score (nSPS) is 35.3. The van der Waals surface area contributed by atoms with E-state index in [4.69, 9.17) is 0 Å². The summed E-state index contributed by atoms with van der Waals surface area (Å²) in [6, 6.07) is 0. The van der Waals surface area contributed by atoms with Crippen molar-refractivity contribution in [3.8, 4) is 0 Å². The van der Waals surface area contributed by atoms with Crippen LogP contribution >= 0.6 is 0 Å². The Morgan fingerprint density at radius 1 is 1.31 bits per heavy atom. The molecule has 1 fully saturated rings. The van der Waals surface area contributed by atoms with Gasteiger partial charge in [0.2, 0.25) is 0 Å². The van der Waals surface area contributed by atoms with E-state index in [9.17, 15) is 5.11 Å². The lowest BCUT2D eigenvalue weighted by molar-refractivity contribution is -0.143. The minimum atomic E-state index is -0.487. The SMILES string of the molecule is CC(C)C1(O)CCN(C)CC1(C)C. The zero-order valence-corrected chi connectivity index (χ0v) is 9.59. The fourth-order valence-electron chi connectivity index (χ4n) is 2.66. The fourth-order valence-corrected chi connectivity index (χ4v) is 2.66. The van der Waals surface area contributed by atoms with Crippen molar-refractivity contribution in [1.82, 2.24) is 4.90 Å². The number of hydrogen-bond acceptors (Lipinski definition) is 2. The van der Waals surface area contributed by atoms with Gasteiger partial charge in [0.15, 0.2) is 0 Å². The van der Waals surface area contributed by atoms with Crippen molar-refractivity contribution in [2.75, 3.05) is 20.1 Å². The van der Waals surface area contributed by atoms with Gasteiger partial charge in [-0.25, -0.2) is 0 Å². The van der Waals surface area contributed by atoms with Crippen molar-refractivity contribution in [3.05, 3.63) is 0 Å². The number of nitrogens with zero attached hydrogens (tertiary/aromatic N) is 1. The lowest BCUT2D eigenvalue weighted by Crippen LogP contribution is -2.59. The van der Waals surface area contributed by atoms with Crippen molar-refractivity contribution < 1.29 is 5.11 Å². The highest BCUT2D eigenvalue weighted by Gasteiger charge is 2.48. The summed E-state index contributed by atoms with van der Waals surface area (Å²) in [5.74, 6) is 0.344. The summed E-state index contributed by atoms with van der Waals surface area (Å²) in [4.78, 5) is 2.30. The Bertz CT molecular complexity index is 189. The molecule has 2 nitrogen and oxygen atoms in total. The Morgan fingerprint density at radius 2 is 1.85 bits per heavy atom. The summed E-state index contributed by atoms with van der Waals surface area (Å²) < 4.78 is 0. The van der Waals surface area contributed by atoms with Crippen LogP contribution in [0.1, 0.15) is 34.1 Å². The molecule has 2 heteroatoms. The molecule has 1 unspecified atom stereocenters. The predicted molar refractivity (Wildman–Crippen MR) is 55.7 cm³/mol. The van der Waals surface area contributed by atoms with Crippen LogP contribution in [0.25, 0.3) is 0 Å². The van der Waals surface area contributed by atoms with E-state index in [-0.39, 0.29) is 5.41 Å². The molecule has 0 radical (unpaired) electrons. The fraction of sp³-hybridized carbons (Fsp3) is 1.00. The van der Waals surface area contributed by atoms with Crippen LogP contribution in [0.5, 0.6) is 0 Å². The summed E-state index contributed by atoms with van der Waals surface area (Å²) in [6.45, 7) is 10.6. The third kappa shape index (κ3) is 1.75. The van der Waals surface area contributed by atoms with E-state index >= 15 is 0 Å². The minimum Gasteiger partial charge on any atom is -0.389 e. The number of rotatable bonds is 1. The molecule has 1 rings (SSSR count). The molecule has 0 aromatic carbocycles. The first kappa shape index (κ1) is 11.0. The van der Waals surface area contributed by atoms with Gasteiger partial charge in [0, 0.05) is 18.5 Å². The molecule has 0 spiro atoms. The molecular weight excluding hydrogens is 162 g/mol. The molecule has 1 aliphatic heterocycles.